The van der Waals surface area contributed by atoms with E-state index in [1.807, 2.05) is 30.3 Å². The van der Waals surface area contributed by atoms with Crippen LogP contribution in [-0.2, 0) is 20.9 Å². The first kappa shape index (κ1) is 14.9. The van der Waals surface area contributed by atoms with Gasteiger partial charge in [-0.15, -0.1) is 0 Å². The normalized spacial score (nSPS) is 9.32. The van der Waals surface area contributed by atoms with Crippen LogP contribution in [0, 0.1) is 0 Å². The van der Waals surface area contributed by atoms with Crippen LogP contribution in [0.4, 0.5) is 4.79 Å². The Labute approximate surface area is 116 Å². The van der Waals surface area contributed by atoms with E-state index in [0.717, 1.165) is 5.56 Å². The summed E-state index contributed by atoms with van der Waals surface area (Å²) in [6.07, 6.45) is -0.699. The molecule has 0 saturated heterocycles. The lowest BCUT2D eigenvalue weighted by molar-refractivity contribution is -0.143. The fourth-order valence-corrected chi connectivity index (χ4v) is 1.28. The van der Waals surface area contributed by atoms with Crippen molar-refractivity contribution in [3.05, 3.63) is 35.9 Å². The van der Waals surface area contributed by atoms with Crippen molar-refractivity contribution in [1.29, 1.82) is 0 Å². The predicted molar refractivity (Wildman–Crippen MR) is 72.4 cm³/mol. The van der Waals surface area contributed by atoms with E-state index in [2.05, 4.69) is 15.4 Å². The van der Waals surface area contributed by atoms with Gasteiger partial charge in [-0.2, -0.15) is 0 Å². The highest BCUT2D eigenvalue weighted by molar-refractivity contribution is 7.80. The SMILES string of the molecule is COC(=O)NC(=S)NCC(=O)OCc1ccccc1. The Bertz CT molecular complexity index is 450. The van der Waals surface area contributed by atoms with Gasteiger partial charge in [0.2, 0.25) is 0 Å². The molecule has 0 bridgehead atoms. The first-order chi connectivity index (χ1) is 9.11. The first-order valence-electron chi connectivity index (χ1n) is 5.44. The van der Waals surface area contributed by atoms with Crippen molar-refractivity contribution < 1.29 is 19.1 Å². The smallest absolute Gasteiger partial charge is 0.413 e. The molecule has 102 valence electrons. The fraction of sp³-hybridized carbons (Fsp3) is 0.250. The number of amides is 1. The van der Waals surface area contributed by atoms with Gasteiger partial charge in [-0.05, 0) is 17.8 Å². The van der Waals surface area contributed by atoms with Gasteiger partial charge in [0.25, 0.3) is 0 Å². The van der Waals surface area contributed by atoms with Gasteiger partial charge in [-0.3, -0.25) is 10.1 Å². The topological polar surface area (TPSA) is 76.7 Å². The number of hydrogen-bond donors (Lipinski definition) is 2. The summed E-state index contributed by atoms with van der Waals surface area (Å²) in [6, 6.07) is 9.30. The van der Waals surface area contributed by atoms with E-state index in [1.165, 1.54) is 7.11 Å². The molecule has 0 aromatic heterocycles. The van der Waals surface area contributed by atoms with Gasteiger partial charge in [0.05, 0.1) is 7.11 Å². The summed E-state index contributed by atoms with van der Waals surface area (Å²) in [4.78, 5) is 22.2. The minimum absolute atomic E-state index is 0.00325. The molecule has 0 spiro atoms. The van der Waals surface area contributed by atoms with Gasteiger partial charge in [0.15, 0.2) is 5.11 Å². The fourth-order valence-electron chi connectivity index (χ4n) is 1.13. The van der Waals surface area contributed by atoms with Gasteiger partial charge in [-0.1, -0.05) is 30.3 Å². The molecule has 1 aromatic rings. The van der Waals surface area contributed by atoms with E-state index in [-0.39, 0.29) is 18.3 Å². The number of hydrogen-bond acceptors (Lipinski definition) is 5. The summed E-state index contributed by atoms with van der Waals surface area (Å²) < 4.78 is 9.34. The number of benzene rings is 1. The molecule has 0 saturated carbocycles. The molecule has 0 atom stereocenters. The standard InChI is InChI=1S/C12H14N2O4S/c1-17-12(16)14-11(19)13-7-10(15)18-8-9-5-3-2-4-6-9/h2-6H,7-8H2,1H3,(H2,13,14,16,19). The lowest BCUT2D eigenvalue weighted by atomic mass is 10.2. The Morgan fingerprint density at radius 1 is 1.26 bits per heavy atom. The molecule has 0 fully saturated rings. The maximum atomic E-state index is 11.4. The molecule has 1 aromatic carbocycles. The van der Waals surface area contributed by atoms with Crippen molar-refractivity contribution in [3.8, 4) is 0 Å². The van der Waals surface area contributed by atoms with Crippen molar-refractivity contribution in [2.45, 2.75) is 6.61 Å². The summed E-state index contributed by atoms with van der Waals surface area (Å²) in [7, 11) is 1.21. The lowest BCUT2D eigenvalue weighted by Crippen LogP contribution is -2.41. The number of carbonyl (C=O) groups is 2. The second-order valence-corrected chi connectivity index (χ2v) is 3.85. The molecule has 7 heteroatoms. The zero-order valence-corrected chi connectivity index (χ0v) is 11.2. The summed E-state index contributed by atoms with van der Waals surface area (Å²) in [5, 5.41) is 4.74. The van der Waals surface area contributed by atoms with Crippen molar-refractivity contribution in [1.82, 2.24) is 10.6 Å². The van der Waals surface area contributed by atoms with E-state index in [0.29, 0.717) is 0 Å². The maximum Gasteiger partial charge on any atom is 0.413 e. The zero-order valence-electron chi connectivity index (χ0n) is 10.3. The minimum Gasteiger partial charge on any atom is -0.460 e. The second kappa shape index (κ2) is 8.04. The van der Waals surface area contributed by atoms with E-state index in [9.17, 15) is 9.59 Å². The molecule has 0 unspecified atom stereocenters. The van der Waals surface area contributed by atoms with Crippen molar-refractivity contribution >= 4 is 29.4 Å². The summed E-state index contributed by atoms with van der Waals surface area (Å²) in [6.45, 7) is 0.0637. The Morgan fingerprint density at radius 3 is 2.58 bits per heavy atom. The maximum absolute atomic E-state index is 11.4. The number of ether oxygens (including phenoxy) is 2. The first-order valence-corrected chi connectivity index (χ1v) is 5.85. The number of esters is 1. The van der Waals surface area contributed by atoms with Crippen LogP contribution in [0.15, 0.2) is 30.3 Å². The third kappa shape index (κ3) is 6.37. The molecule has 1 rings (SSSR count). The molecule has 0 heterocycles. The van der Waals surface area contributed by atoms with Crippen LogP contribution in [0.2, 0.25) is 0 Å². The molecule has 2 N–H and O–H groups in total. The van der Waals surface area contributed by atoms with Crippen LogP contribution in [0.5, 0.6) is 0 Å². The third-order valence-corrected chi connectivity index (χ3v) is 2.28. The number of rotatable bonds is 4. The average molecular weight is 282 g/mol. The Morgan fingerprint density at radius 2 is 1.95 bits per heavy atom. The van der Waals surface area contributed by atoms with E-state index in [1.54, 1.807) is 0 Å². The highest BCUT2D eigenvalue weighted by Crippen LogP contribution is 2.00. The highest BCUT2D eigenvalue weighted by atomic mass is 32.1. The van der Waals surface area contributed by atoms with Crippen LogP contribution >= 0.6 is 12.2 Å². The summed E-state index contributed by atoms with van der Waals surface area (Å²) in [5.74, 6) is -0.474. The van der Waals surface area contributed by atoms with Crippen LogP contribution in [0.1, 0.15) is 5.56 Å². The molecule has 6 nitrogen and oxygen atoms in total. The summed E-state index contributed by atoms with van der Waals surface area (Å²) >= 11 is 4.76. The Hall–Kier alpha value is -2.15. The Kier molecular flexibility index (Phi) is 6.31. The second-order valence-electron chi connectivity index (χ2n) is 3.45. The van der Waals surface area contributed by atoms with Gasteiger partial charge >= 0.3 is 12.1 Å². The van der Waals surface area contributed by atoms with Gasteiger partial charge < -0.3 is 14.8 Å². The molecule has 0 aliphatic rings. The van der Waals surface area contributed by atoms with Crippen LogP contribution in [0.3, 0.4) is 0 Å². The zero-order chi connectivity index (χ0) is 14.1. The quantitative estimate of drug-likeness (QED) is 0.633. The number of alkyl carbamates (subject to hydrolysis) is 1. The molecule has 0 radical (unpaired) electrons. The van der Waals surface area contributed by atoms with Crippen LogP contribution < -0.4 is 10.6 Å². The van der Waals surface area contributed by atoms with Crippen LogP contribution in [0.25, 0.3) is 0 Å². The summed E-state index contributed by atoms with van der Waals surface area (Å²) in [5.41, 5.74) is 0.895. The van der Waals surface area contributed by atoms with Crippen molar-refractivity contribution in [2.75, 3.05) is 13.7 Å². The van der Waals surface area contributed by atoms with E-state index < -0.39 is 12.1 Å². The van der Waals surface area contributed by atoms with E-state index in [4.69, 9.17) is 17.0 Å². The van der Waals surface area contributed by atoms with E-state index >= 15 is 0 Å². The number of carbonyl (C=O) groups excluding carboxylic acids is 2. The monoisotopic (exact) mass is 282 g/mol. The minimum atomic E-state index is -0.699. The van der Waals surface area contributed by atoms with Crippen molar-refractivity contribution in [2.24, 2.45) is 0 Å². The highest BCUT2D eigenvalue weighted by Gasteiger charge is 2.06. The van der Waals surface area contributed by atoms with Gasteiger partial charge in [0.1, 0.15) is 13.2 Å². The molecule has 0 aliphatic heterocycles. The van der Waals surface area contributed by atoms with Crippen molar-refractivity contribution in [3.63, 3.8) is 0 Å². The molecular formula is C12H14N2O4S. The number of methoxy groups -OCH3 is 1. The predicted octanol–water partition coefficient (Wildman–Crippen LogP) is 0.960. The van der Waals surface area contributed by atoms with Gasteiger partial charge in [0, 0.05) is 0 Å². The molecule has 1 amide bonds. The molecule has 0 aliphatic carbocycles. The molecule has 19 heavy (non-hydrogen) atoms. The largest absolute Gasteiger partial charge is 0.460 e. The number of nitrogens with one attached hydrogen (secondary N) is 2. The Balaban J connectivity index is 2.21. The number of thiocarbonyl (C=S) groups is 1. The third-order valence-electron chi connectivity index (χ3n) is 2.04. The van der Waals surface area contributed by atoms with Crippen LogP contribution in [-0.4, -0.2) is 30.8 Å². The molecular weight excluding hydrogens is 268 g/mol. The van der Waals surface area contributed by atoms with Gasteiger partial charge in [-0.25, -0.2) is 4.79 Å². The lowest BCUT2D eigenvalue weighted by Gasteiger charge is -2.08. The average Bonchev–Trinajstić information content (AvgIpc) is 2.43.